The van der Waals surface area contributed by atoms with Gasteiger partial charge in [-0.15, -0.1) is 0 Å². The van der Waals surface area contributed by atoms with E-state index in [-0.39, 0.29) is 0 Å². The van der Waals surface area contributed by atoms with Gasteiger partial charge in [-0.25, -0.2) is 4.79 Å². The molecule has 2 aromatic carbocycles. The minimum atomic E-state index is -1.12. The fourth-order valence-electron chi connectivity index (χ4n) is 1.89. The van der Waals surface area contributed by atoms with Gasteiger partial charge in [-0.1, -0.05) is 28.1 Å². The molecule has 0 aliphatic carbocycles. The normalized spacial score (nSPS) is 10.1. The molecule has 0 aliphatic rings. The SMILES string of the molecule is O=C(COC(=O)c1ccc([N+](=O)[O-])cc1[N+](=O)[O-])c1ccc(Br)cc1. The second-order valence-corrected chi connectivity index (χ2v) is 5.64. The van der Waals surface area contributed by atoms with Gasteiger partial charge in [0.05, 0.1) is 15.9 Å². The number of hydrogen-bond donors (Lipinski definition) is 0. The van der Waals surface area contributed by atoms with Crippen molar-refractivity contribution in [1.82, 2.24) is 0 Å². The summed E-state index contributed by atoms with van der Waals surface area (Å²) in [6.07, 6.45) is 0. The highest BCUT2D eigenvalue weighted by Crippen LogP contribution is 2.25. The van der Waals surface area contributed by atoms with E-state index in [9.17, 15) is 29.8 Å². The van der Waals surface area contributed by atoms with Crippen LogP contribution in [0.4, 0.5) is 11.4 Å². The van der Waals surface area contributed by atoms with Crippen molar-refractivity contribution in [3.63, 3.8) is 0 Å². The van der Waals surface area contributed by atoms with Crippen LogP contribution in [0.1, 0.15) is 20.7 Å². The van der Waals surface area contributed by atoms with Crippen molar-refractivity contribution in [2.75, 3.05) is 6.61 Å². The number of halogens is 1. The minimum absolute atomic E-state index is 0.300. The highest BCUT2D eigenvalue weighted by atomic mass is 79.9. The maximum absolute atomic E-state index is 12.0. The number of hydrogen-bond acceptors (Lipinski definition) is 7. The summed E-state index contributed by atoms with van der Waals surface area (Å²) in [6, 6.07) is 8.84. The van der Waals surface area contributed by atoms with E-state index in [0.717, 1.165) is 16.6 Å². The largest absolute Gasteiger partial charge is 0.454 e. The Kier molecular flexibility index (Phi) is 5.55. The summed E-state index contributed by atoms with van der Waals surface area (Å²) in [5, 5.41) is 21.7. The third-order valence-electron chi connectivity index (χ3n) is 3.11. The van der Waals surface area contributed by atoms with Crippen LogP contribution in [-0.4, -0.2) is 28.2 Å². The number of esters is 1. The van der Waals surface area contributed by atoms with Crippen molar-refractivity contribution in [3.05, 3.63) is 78.3 Å². The summed E-state index contributed by atoms with van der Waals surface area (Å²) < 4.78 is 5.56. The molecule has 0 saturated carbocycles. The van der Waals surface area contributed by atoms with Crippen molar-refractivity contribution >= 4 is 39.1 Å². The molecule has 0 fully saturated rings. The molecular weight excluding hydrogens is 400 g/mol. The molecule has 0 radical (unpaired) electrons. The van der Waals surface area contributed by atoms with E-state index in [1.54, 1.807) is 12.1 Å². The topological polar surface area (TPSA) is 130 Å². The number of carbonyl (C=O) groups is 2. The molecule has 0 aromatic heterocycles. The summed E-state index contributed by atoms with van der Waals surface area (Å²) in [5.74, 6) is -1.61. The Morgan fingerprint density at radius 3 is 2.20 bits per heavy atom. The van der Waals surface area contributed by atoms with E-state index in [4.69, 9.17) is 4.74 Å². The third-order valence-corrected chi connectivity index (χ3v) is 3.64. The van der Waals surface area contributed by atoms with Crippen molar-refractivity contribution < 1.29 is 24.2 Å². The van der Waals surface area contributed by atoms with Gasteiger partial charge in [0.2, 0.25) is 0 Å². The molecular formula is C15H9BrN2O7. The lowest BCUT2D eigenvalue weighted by Gasteiger charge is -2.05. The second kappa shape index (κ2) is 7.62. The first-order valence-corrected chi connectivity index (χ1v) is 7.47. The molecule has 128 valence electrons. The molecule has 0 spiro atoms. The number of nitrogens with zero attached hydrogens (tertiary/aromatic N) is 2. The van der Waals surface area contributed by atoms with Gasteiger partial charge in [0.25, 0.3) is 11.4 Å². The lowest BCUT2D eigenvalue weighted by molar-refractivity contribution is -0.394. The van der Waals surface area contributed by atoms with Crippen LogP contribution >= 0.6 is 15.9 Å². The summed E-state index contributed by atoms with van der Waals surface area (Å²) in [4.78, 5) is 43.8. The molecule has 2 rings (SSSR count). The maximum atomic E-state index is 12.0. The third kappa shape index (κ3) is 4.44. The number of carbonyl (C=O) groups excluding carboxylic acids is 2. The Labute approximate surface area is 148 Å². The standard InChI is InChI=1S/C15H9BrN2O7/c16-10-3-1-9(2-4-10)14(19)8-25-15(20)12-6-5-11(17(21)22)7-13(12)18(23)24/h1-7H,8H2. The van der Waals surface area contributed by atoms with E-state index in [1.807, 2.05) is 0 Å². The number of nitro groups is 2. The molecule has 10 heteroatoms. The number of Topliss-reactive ketones (excluding diaryl/α,β-unsaturated/α-hetero) is 1. The Hall–Kier alpha value is -3.14. The molecule has 0 N–H and O–H groups in total. The Morgan fingerprint density at radius 2 is 1.64 bits per heavy atom. The van der Waals surface area contributed by atoms with Gasteiger partial charge in [-0.2, -0.15) is 0 Å². The average Bonchev–Trinajstić information content (AvgIpc) is 2.59. The van der Waals surface area contributed by atoms with Crippen LogP contribution in [-0.2, 0) is 4.74 Å². The number of non-ortho nitro benzene ring substituents is 1. The first-order valence-electron chi connectivity index (χ1n) is 6.68. The number of ether oxygens (including phenoxy) is 1. The van der Waals surface area contributed by atoms with Crippen molar-refractivity contribution in [3.8, 4) is 0 Å². The number of rotatable bonds is 6. The van der Waals surface area contributed by atoms with Crippen LogP contribution in [0.2, 0.25) is 0 Å². The van der Waals surface area contributed by atoms with Crippen LogP contribution in [0.5, 0.6) is 0 Å². The average molecular weight is 409 g/mol. The summed E-state index contributed by atoms with van der Waals surface area (Å²) in [6.45, 7) is -0.616. The fraction of sp³-hybridized carbons (Fsp3) is 0.0667. The van der Waals surface area contributed by atoms with E-state index >= 15 is 0 Å². The predicted molar refractivity (Wildman–Crippen MR) is 88.5 cm³/mol. The molecule has 0 heterocycles. The van der Waals surface area contributed by atoms with Crippen LogP contribution in [0.15, 0.2) is 46.9 Å². The van der Waals surface area contributed by atoms with E-state index in [2.05, 4.69) is 15.9 Å². The van der Waals surface area contributed by atoms with Crippen molar-refractivity contribution in [1.29, 1.82) is 0 Å². The number of benzene rings is 2. The molecule has 0 bridgehead atoms. The number of nitro benzene ring substituents is 2. The maximum Gasteiger partial charge on any atom is 0.345 e. The highest BCUT2D eigenvalue weighted by Gasteiger charge is 2.25. The van der Waals surface area contributed by atoms with Gasteiger partial charge < -0.3 is 4.74 Å². The van der Waals surface area contributed by atoms with E-state index < -0.39 is 45.1 Å². The Balaban J connectivity index is 2.15. The molecule has 0 saturated heterocycles. The van der Waals surface area contributed by atoms with Crippen LogP contribution in [0.25, 0.3) is 0 Å². The van der Waals surface area contributed by atoms with Gasteiger partial charge in [0, 0.05) is 16.1 Å². The fourth-order valence-corrected chi connectivity index (χ4v) is 2.15. The lowest BCUT2D eigenvalue weighted by Crippen LogP contribution is -2.15. The molecule has 2 aromatic rings. The van der Waals surface area contributed by atoms with E-state index in [1.165, 1.54) is 12.1 Å². The molecule has 0 atom stereocenters. The van der Waals surface area contributed by atoms with Gasteiger partial charge in [-0.05, 0) is 18.2 Å². The van der Waals surface area contributed by atoms with Crippen LogP contribution in [0.3, 0.4) is 0 Å². The lowest BCUT2D eigenvalue weighted by atomic mass is 10.1. The summed E-state index contributed by atoms with van der Waals surface area (Å²) in [7, 11) is 0. The van der Waals surface area contributed by atoms with Crippen molar-refractivity contribution in [2.45, 2.75) is 0 Å². The molecule has 25 heavy (non-hydrogen) atoms. The smallest absolute Gasteiger partial charge is 0.345 e. The zero-order chi connectivity index (χ0) is 18.6. The molecule has 0 aliphatic heterocycles. The van der Waals surface area contributed by atoms with Gasteiger partial charge >= 0.3 is 5.97 Å². The van der Waals surface area contributed by atoms with Gasteiger partial charge in [0.1, 0.15) is 5.56 Å². The molecule has 9 nitrogen and oxygen atoms in total. The Bertz CT molecular complexity index is 865. The molecule has 0 unspecified atom stereocenters. The zero-order valence-corrected chi connectivity index (χ0v) is 14.0. The van der Waals surface area contributed by atoms with Crippen LogP contribution in [0, 0.1) is 20.2 Å². The molecule has 0 amide bonds. The first-order chi connectivity index (χ1) is 11.8. The minimum Gasteiger partial charge on any atom is -0.454 e. The quantitative estimate of drug-likeness (QED) is 0.310. The first kappa shape index (κ1) is 18.2. The van der Waals surface area contributed by atoms with Crippen LogP contribution < -0.4 is 0 Å². The summed E-state index contributed by atoms with van der Waals surface area (Å²) >= 11 is 3.22. The monoisotopic (exact) mass is 408 g/mol. The summed E-state index contributed by atoms with van der Waals surface area (Å²) in [5.41, 5.74) is -1.47. The number of ketones is 1. The second-order valence-electron chi connectivity index (χ2n) is 4.72. The van der Waals surface area contributed by atoms with Crippen molar-refractivity contribution in [2.24, 2.45) is 0 Å². The Morgan fingerprint density at radius 1 is 1.00 bits per heavy atom. The van der Waals surface area contributed by atoms with Gasteiger partial charge in [-0.3, -0.25) is 25.0 Å². The zero-order valence-electron chi connectivity index (χ0n) is 12.4. The van der Waals surface area contributed by atoms with Gasteiger partial charge in [0.15, 0.2) is 12.4 Å². The highest BCUT2D eigenvalue weighted by molar-refractivity contribution is 9.10. The predicted octanol–water partition coefficient (Wildman–Crippen LogP) is 3.31. The van der Waals surface area contributed by atoms with E-state index in [0.29, 0.717) is 11.6 Å².